The summed E-state index contributed by atoms with van der Waals surface area (Å²) < 4.78 is 1.33. The van der Waals surface area contributed by atoms with E-state index in [0.717, 1.165) is 17.7 Å². The van der Waals surface area contributed by atoms with E-state index in [-0.39, 0.29) is 5.56 Å². The molecule has 1 rings (SSSR count). The molecule has 0 atom stereocenters. The summed E-state index contributed by atoms with van der Waals surface area (Å²) in [5.41, 5.74) is 7.10. The molecule has 0 unspecified atom stereocenters. The number of aromatic nitrogens is 2. The van der Waals surface area contributed by atoms with Crippen LogP contribution >= 0.6 is 0 Å². The minimum absolute atomic E-state index is 0.104. The van der Waals surface area contributed by atoms with E-state index in [1.54, 1.807) is 13.1 Å². The largest absolute Gasteiger partial charge is 0.326 e. The lowest BCUT2D eigenvalue weighted by Crippen LogP contribution is -2.22. The fourth-order valence-corrected chi connectivity index (χ4v) is 1.09. The minimum Gasteiger partial charge on any atom is -0.326 e. The molecule has 66 valence electrons. The van der Waals surface area contributed by atoms with Gasteiger partial charge in [-0.05, 0) is 12.0 Å². The lowest BCUT2D eigenvalue weighted by atomic mass is 10.2. The molecule has 0 radical (unpaired) electrons. The Labute approximate surface area is 71.0 Å². The molecule has 0 bridgehead atoms. The van der Waals surface area contributed by atoms with Crippen molar-refractivity contribution in [1.29, 1.82) is 0 Å². The van der Waals surface area contributed by atoms with Crippen molar-refractivity contribution in [2.75, 3.05) is 0 Å². The lowest BCUT2D eigenvalue weighted by molar-refractivity contribution is 0.670. The zero-order valence-electron chi connectivity index (χ0n) is 7.37. The second kappa shape index (κ2) is 3.49. The van der Waals surface area contributed by atoms with E-state index in [1.165, 1.54) is 4.68 Å². The third-order valence-electron chi connectivity index (χ3n) is 1.81. The van der Waals surface area contributed by atoms with Crippen LogP contribution in [0.4, 0.5) is 0 Å². The quantitative estimate of drug-likeness (QED) is 0.663. The van der Waals surface area contributed by atoms with Gasteiger partial charge in [0.25, 0.3) is 5.56 Å². The van der Waals surface area contributed by atoms with E-state index in [2.05, 4.69) is 5.10 Å². The van der Waals surface area contributed by atoms with Crippen molar-refractivity contribution in [2.45, 2.75) is 19.9 Å². The second-order valence-electron chi connectivity index (χ2n) is 2.64. The van der Waals surface area contributed by atoms with Crippen LogP contribution in [0.3, 0.4) is 0 Å². The van der Waals surface area contributed by atoms with E-state index in [0.29, 0.717) is 6.54 Å². The Kier molecular flexibility index (Phi) is 2.60. The number of nitrogens with two attached hydrogens (primary N) is 1. The molecule has 0 aromatic carbocycles. The summed E-state index contributed by atoms with van der Waals surface area (Å²) >= 11 is 0. The Balaban J connectivity index is 3.29. The van der Waals surface area contributed by atoms with Crippen LogP contribution in [-0.4, -0.2) is 9.78 Å². The summed E-state index contributed by atoms with van der Waals surface area (Å²) in [7, 11) is 1.64. The summed E-state index contributed by atoms with van der Waals surface area (Å²) in [6.07, 6.45) is 0.806. The van der Waals surface area contributed by atoms with Gasteiger partial charge in [-0.25, -0.2) is 4.68 Å². The minimum atomic E-state index is -0.104. The molecule has 4 heteroatoms. The van der Waals surface area contributed by atoms with Crippen LogP contribution in [0.5, 0.6) is 0 Å². The molecule has 0 spiro atoms. The molecule has 1 aromatic heterocycles. The first-order chi connectivity index (χ1) is 5.69. The van der Waals surface area contributed by atoms with E-state index in [1.807, 2.05) is 6.92 Å². The molecular weight excluding hydrogens is 154 g/mol. The third-order valence-corrected chi connectivity index (χ3v) is 1.81. The van der Waals surface area contributed by atoms with Gasteiger partial charge in [0.15, 0.2) is 0 Å². The topological polar surface area (TPSA) is 60.9 Å². The first-order valence-electron chi connectivity index (χ1n) is 3.95. The van der Waals surface area contributed by atoms with Gasteiger partial charge in [0.1, 0.15) is 0 Å². The zero-order chi connectivity index (χ0) is 9.14. The monoisotopic (exact) mass is 167 g/mol. The first-order valence-corrected chi connectivity index (χ1v) is 3.95. The van der Waals surface area contributed by atoms with E-state index >= 15 is 0 Å². The highest BCUT2D eigenvalue weighted by Gasteiger charge is 2.02. The van der Waals surface area contributed by atoms with Gasteiger partial charge in [-0.1, -0.05) is 6.92 Å². The number of rotatable bonds is 2. The molecule has 0 aliphatic rings. The Bertz CT molecular complexity index is 330. The van der Waals surface area contributed by atoms with Crippen molar-refractivity contribution in [3.8, 4) is 0 Å². The van der Waals surface area contributed by atoms with Gasteiger partial charge in [-0.15, -0.1) is 0 Å². The SMILES string of the molecule is CCc1nn(C)c(=O)cc1CN. The molecule has 2 N–H and O–H groups in total. The van der Waals surface area contributed by atoms with Crippen LogP contribution in [0.2, 0.25) is 0 Å². The average molecular weight is 167 g/mol. The standard InChI is InChI=1S/C8H13N3O/c1-3-7-6(5-9)4-8(12)11(2)10-7/h4H,3,5,9H2,1-2H3. The van der Waals surface area contributed by atoms with Gasteiger partial charge in [0.2, 0.25) is 0 Å². The molecule has 0 aliphatic heterocycles. The fourth-order valence-electron chi connectivity index (χ4n) is 1.09. The highest BCUT2D eigenvalue weighted by molar-refractivity contribution is 5.17. The van der Waals surface area contributed by atoms with Gasteiger partial charge in [0.05, 0.1) is 5.69 Å². The molecule has 0 saturated heterocycles. The van der Waals surface area contributed by atoms with Crippen LogP contribution in [0, 0.1) is 0 Å². The van der Waals surface area contributed by atoms with Crippen LogP contribution in [0.25, 0.3) is 0 Å². The van der Waals surface area contributed by atoms with Crippen molar-refractivity contribution in [3.63, 3.8) is 0 Å². The van der Waals surface area contributed by atoms with Crippen molar-refractivity contribution in [3.05, 3.63) is 27.7 Å². The first kappa shape index (κ1) is 8.93. The van der Waals surface area contributed by atoms with E-state index in [9.17, 15) is 4.79 Å². The van der Waals surface area contributed by atoms with Crippen molar-refractivity contribution in [1.82, 2.24) is 9.78 Å². The predicted octanol–water partition coefficient (Wildman–Crippen LogP) is -0.199. The number of hydrogen-bond acceptors (Lipinski definition) is 3. The maximum absolute atomic E-state index is 11.1. The Hall–Kier alpha value is -1.16. The van der Waals surface area contributed by atoms with Crippen LogP contribution in [0.15, 0.2) is 10.9 Å². The smallest absolute Gasteiger partial charge is 0.266 e. The summed E-state index contributed by atoms with van der Waals surface area (Å²) in [6, 6.07) is 1.55. The van der Waals surface area contributed by atoms with E-state index < -0.39 is 0 Å². The molecule has 12 heavy (non-hydrogen) atoms. The maximum atomic E-state index is 11.1. The maximum Gasteiger partial charge on any atom is 0.266 e. The number of hydrogen-bond donors (Lipinski definition) is 1. The van der Waals surface area contributed by atoms with Crippen molar-refractivity contribution < 1.29 is 0 Å². The highest BCUT2D eigenvalue weighted by atomic mass is 16.1. The molecular formula is C8H13N3O. The summed E-state index contributed by atoms with van der Waals surface area (Å²) in [6.45, 7) is 2.37. The molecule has 0 amide bonds. The Morgan fingerprint density at radius 2 is 2.33 bits per heavy atom. The van der Waals surface area contributed by atoms with Crippen molar-refractivity contribution in [2.24, 2.45) is 12.8 Å². The summed E-state index contributed by atoms with van der Waals surface area (Å²) in [4.78, 5) is 11.1. The van der Waals surface area contributed by atoms with Crippen LogP contribution in [0.1, 0.15) is 18.2 Å². The van der Waals surface area contributed by atoms with Gasteiger partial charge < -0.3 is 5.73 Å². The Morgan fingerprint density at radius 1 is 1.67 bits per heavy atom. The molecule has 0 aliphatic carbocycles. The summed E-state index contributed by atoms with van der Waals surface area (Å²) in [5, 5.41) is 4.09. The second-order valence-corrected chi connectivity index (χ2v) is 2.64. The van der Waals surface area contributed by atoms with Gasteiger partial charge in [0, 0.05) is 19.7 Å². The molecule has 0 fully saturated rings. The number of nitrogens with zero attached hydrogens (tertiary/aromatic N) is 2. The molecule has 0 saturated carbocycles. The average Bonchev–Trinajstić information content (AvgIpc) is 2.09. The van der Waals surface area contributed by atoms with Crippen LogP contribution in [-0.2, 0) is 20.0 Å². The van der Waals surface area contributed by atoms with Gasteiger partial charge in [-0.3, -0.25) is 4.79 Å². The summed E-state index contributed by atoms with van der Waals surface area (Å²) in [5.74, 6) is 0. The third kappa shape index (κ3) is 1.53. The normalized spacial score (nSPS) is 10.2. The lowest BCUT2D eigenvalue weighted by Gasteiger charge is -2.04. The van der Waals surface area contributed by atoms with E-state index in [4.69, 9.17) is 5.73 Å². The molecule has 4 nitrogen and oxygen atoms in total. The van der Waals surface area contributed by atoms with Gasteiger partial charge >= 0.3 is 0 Å². The van der Waals surface area contributed by atoms with Crippen molar-refractivity contribution >= 4 is 0 Å². The van der Waals surface area contributed by atoms with Gasteiger partial charge in [-0.2, -0.15) is 5.10 Å². The predicted molar refractivity (Wildman–Crippen MR) is 46.7 cm³/mol. The molecule has 1 aromatic rings. The number of aryl methyl sites for hydroxylation is 2. The fraction of sp³-hybridized carbons (Fsp3) is 0.500. The van der Waals surface area contributed by atoms with Crippen LogP contribution < -0.4 is 11.3 Å². The highest BCUT2D eigenvalue weighted by Crippen LogP contribution is 2.00. The zero-order valence-corrected chi connectivity index (χ0v) is 7.37. The Morgan fingerprint density at radius 3 is 2.83 bits per heavy atom. The molecule has 1 heterocycles.